The second-order valence-corrected chi connectivity index (χ2v) is 4.31. The van der Waals surface area contributed by atoms with E-state index in [2.05, 4.69) is 0 Å². The first-order chi connectivity index (χ1) is 6.26. The fraction of sp³-hybridized carbons (Fsp3) is 0.900. The summed E-state index contributed by atoms with van der Waals surface area (Å²) in [5.41, 5.74) is 0.616. The normalized spacial score (nSPS) is 25.5. The molecule has 2 rings (SSSR count). The zero-order valence-corrected chi connectivity index (χ0v) is 8.21. The molecule has 1 spiro atoms. The van der Waals surface area contributed by atoms with Crippen LogP contribution in [0.5, 0.6) is 0 Å². The van der Waals surface area contributed by atoms with Crippen LogP contribution >= 0.6 is 0 Å². The van der Waals surface area contributed by atoms with Crippen LogP contribution in [-0.2, 0) is 4.74 Å². The summed E-state index contributed by atoms with van der Waals surface area (Å²) in [7, 11) is 1.45. The molecule has 0 bridgehead atoms. The molecule has 0 N–H and O–H groups in total. The quantitative estimate of drug-likeness (QED) is 0.575. The fourth-order valence-corrected chi connectivity index (χ4v) is 2.47. The number of rotatable bonds is 0. The summed E-state index contributed by atoms with van der Waals surface area (Å²) in [6.07, 6.45) is 6.35. The van der Waals surface area contributed by atoms with Crippen molar-refractivity contribution in [2.45, 2.75) is 32.1 Å². The number of hydrogen-bond donors (Lipinski definition) is 0. The third kappa shape index (κ3) is 1.52. The van der Waals surface area contributed by atoms with Gasteiger partial charge in [0, 0.05) is 13.1 Å². The van der Waals surface area contributed by atoms with Gasteiger partial charge in [0.05, 0.1) is 7.11 Å². The molecule has 0 unspecified atom stereocenters. The lowest BCUT2D eigenvalue weighted by Crippen LogP contribution is -2.45. The average Bonchev–Trinajstić information content (AvgIpc) is 2.14. The van der Waals surface area contributed by atoms with E-state index in [1.165, 1.54) is 39.2 Å². The maximum Gasteiger partial charge on any atom is 0.409 e. The van der Waals surface area contributed by atoms with E-state index in [4.69, 9.17) is 4.74 Å². The van der Waals surface area contributed by atoms with E-state index in [1.54, 1.807) is 0 Å². The first-order valence-electron chi connectivity index (χ1n) is 5.09. The molecule has 1 amide bonds. The number of nitrogens with zero attached hydrogens (tertiary/aromatic N) is 1. The van der Waals surface area contributed by atoms with E-state index < -0.39 is 0 Å². The van der Waals surface area contributed by atoms with Gasteiger partial charge in [0.25, 0.3) is 0 Å². The van der Waals surface area contributed by atoms with Crippen LogP contribution in [0.2, 0.25) is 0 Å². The predicted octanol–water partition coefficient (Wildman–Crippen LogP) is 2.02. The molecule has 0 radical (unpaired) electrons. The predicted molar refractivity (Wildman–Crippen MR) is 49.5 cm³/mol. The second-order valence-electron chi connectivity index (χ2n) is 4.31. The van der Waals surface area contributed by atoms with Crippen LogP contribution < -0.4 is 0 Å². The minimum Gasteiger partial charge on any atom is -0.453 e. The Hall–Kier alpha value is -0.730. The first-order valence-corrected chi connectivity index (χ1v) is 5.09. The third-order valence-electron chi connectivity index (χ3n) is 3.67. The van der Waals surface area contributed by atoms with Crippen LogP contribution in [0, 0.1) is 5.41 Å². The lowest BCUT2D eigenvalue weighted by atomic mass is 9.63. The minimum absolute atomic E-state index is 0.158. The molecule has 1 aliphatic heterocycles. The number of carbonyl (C=O) groups is 1. The van der Waals surface area contributed by atoms with Crippen LogP contribution in [0.1, 0.15) is 32.1 Å². The Kier molecular flexibility index (Phi) is 2.18. The smallest absolute Gasteiger partial charge is 0.409 e. The van der Waals surface area contributed by atoms with Crippen LogP contribution in [0.3, 0.4) is 0 Å². The maximum absolute atomic E-state index is 11.2. The summed E-state index contributed by atoms with van der Waals surface area (Å²) < 4.78 is 4.70. The van der Waals surface area contributed by atoms with E-state index in [-0.39, 0.29) is 6.09 Å². The highest BCUT2D eigenvalue weighted by Gasteiger charge is 2.40. The first kappa shape index (κ1) is 8.85. The molecular weight excluding hydrogens is 166 g/mol. The molecule has 0 aromatic carbocycles. The molecule has 1 heterocycles. The van der Waals surface area contributed by atoms with Crippen LogP contribution in [0.4, 0.5) is 4.79 Å². The second kappa shape index (κ2) is 3.20. The Morgan fingerprint density at radius 3 is 2.23 bits per heavy atom. The van der Waals surface area contributed by atoms with E-state index >= 15 is 0 Å². The largest absolute Gasteiger partial charge is 0.453 e. The Balaban J connectivity index is 1.85. The summed E-state index contributed by atoms with van der Waals surface area (Å²) in [5, 5.41) is 0. The molecule has 3 nitrogen and oxygen atoms in total. The van der Waals surface area contributed by atoms with Gasteiger partial charge < -0.3 is 9.64 Å². The Morgan fingerprint density at radius 2 is 1.85 bits per heavy atom. The van der Waals surface area contributed by atoms with Gasteiger partial charge in [-0.05, 0) is 31.1 Å². The monoisotopic (exact) mass is 183 g/mol. The average molecular weight is 183 g/mol. The summed E-state index contributed by atoms with van der Waals surface area (Å²) >= 11 is 0. The third-order valence-corrected chi connectivity index (χ3v) is 3.67. The zero-order valence-electron chi connectivity index (χ0n) is 8.21. The number of carbonyl (C=O) groups excluding carboxylic acids is 1. The summed E-state index contributed by atoms with van der Waals surface area (Å²) in [6, 6.07) is 0. The van der Waals surface area contributed by atoms with Crippen molar-refractivity contribution in [3.63, 3.8) is 0 Å². The van der Waals surface area contributed by atoms with Crippen molar-refractivity contribution in [1.29, 1.82) is 0 Å². The Labute approximate surface area is 79.0 Å². The van der Waals surface area contributed by atoms with E-state index in [0.717, 1.165) is 13.1 Å². The van der Waals surface area contributed by atoms with E-state index in [1.807, 2.05) is 4.90 Å². The van der Waals surface area contributed by atoms with Gasteiger partial charge in [-0.25, -0.2) is 4.79 Å². The van der Waals surface area contributed by atoms with Gasteiger partial charge in [0.1, 0.15) is 0 Å². The van der Waals surface area contributed by atoms with Crippen molar-refractivity contribution in [2.24, 2.45) is 5.41 Å². The molecule has 2 aliphatic rings. The van der Waals surface area contributed by atoms with Crippen molar-refractivity contribution in [3.05, 3.63) is 0 Å². The number of amides is 1. The Bertz CT molecular complexity index is 201. The molecule has 3 heteroatoms. The van der Waals surface area contributed by atoms with E-state index in [0.29, 0.717) is 5.41 Å². The van der Waals surface area contributed by atoms with Gasteiger partial charge in [-0.1, -0.05) is 6.42 Å². The lowest BCUT2D eigenvalue weighted by Gasteiger charge is -2.47. The van der Waals surface area contributed by atoms with Crippen LogP contribution in [-0.4, -0.2) is 31.2 Å². The van der Waals surface area contributed by atoms with Crippen molar-refractivity contribution in [2.75, 3.05) is 20.2 Å². The van der Waals surface area contributed by atoms with Crippen molar-refractivity contribution < 1.29 is 9.53 Å². The maximum atomic E-state index is 11.2. The molecule has 1 saturated heterocycles. The topological polar surface area (TPSA) is 29.5 Å². The number of hydrogen-bond acceptors (Lipinski definition) is 2. The molecular formula is C10H17NO2. The molecule has 1 aliphatic carbocycles. The molecule has 2 fully saturated rings. The Morgan fingerprint density at radius 1 is 1.23 bits per heavy atom. The van der Waals surface area contributed by atoms with Crippen molar-refractivity contribution in [1.82, 2.24) is 4.90 Å². The molecule has 0 aromatic rings. The standard InChI is InChI=1S/C10H17NO2/c1-13-9(12)11-7-5-10(6-8-11)3-2-4-10/h2-8H2,1H3. The molecule has 0 aromatic heterocycles. The lowest BCUT2D eigenvalue weighted by molar-refractivity contribution is 0.0308. The number of methoxy groups -OCH3 is 1. The molecule has 13 heavy (non-hydrogen) atoms. The summed E-state index contributed by atoms with van der Waals surface area (Å²) in [6.45, 7) is 1.79. The minimum atomic E-state index is -0.158. The summed E-state index contributed by atoms with van der Waals surface area (Å²) in [5.74, 6) is 0. The van der Waals surface area contributed by atoms with Crippen molar-refractivity contribution >= 4 is 6.09 Å². The number of piperidine rings is 1. The van der Waals surface area contributed by atoms with Crippen LogP contribution in [0.25, 0.3) is 0 Å². The number of ether oxygens (including phenoxy) is 1. The highest BCUT2D eigenvalue weighted by Crippen LogP contribution is 2.48. The fourth-order valence-electron chi connectivity index (χ4n) is 2.47. The van der Waals surface area contributed by atoms with Crippen molar-refractivity contribution in [3.8, 4) is 0 Å². The van der Waals surface area contributed by atoms with Gasteiger partial charge in [0.15, 0.2) is 0 Å². The summed E-state index contributed by atoms with van der Waals surface area (Å²) in [4.78, 5) is 13.0. The van der Waals surface area contributed by atoms with Gasteiger partial charge >= 0.3 is 6.09 Å². The zero-order chi connectivity index (χ0) is 9.31. The van der Waals surface area contributed by atoms with Gasteiger partial charge in [0.2, 0.25) is 0 Å². The van der Waals surface area contributed by atoms with Crippen LogP contribution in [0.15, 0.2) is 0 Å². The van der Waals surface area contributed by atoms with Gasteiger partial charge in [-0.3, -0.25) is 0 Å². The highest BCUT2D eigenvalue weighted by atomic mass is 16.5. The van der Waals surface area contributed by atoms with Gasteiger partial charge in [-0.15, -0.1) is 0 Å². The van der Waals surface area contributed by atoms with E-state index in [9.17, 15) is 4.79 Å². The molecule has 0 atom stereocenters. The molecule has 1 saturated carbocycles. The molecule has 74 valence electrons. The number of likely N-dealkylation sites (tertiary alicyclic amines) is 1. The van der Waals surface area contributed by atoms with Gasteiger partial charge in [-0.2, -0.15) is 0 Å². The highest BCUT2D eigenvalue weighted by molar-refractivity contribution is 5.67. The SMILES string of the molecule is COC(=O)N1CCC2(CCC2)CC1.